The van der Waals surface area contributed by atoms with Gasteiger partial charge in [-0.1, -0.05) is 37.3 Å². The Labute approximate surface area is 186 Å². The molecule has 0 bridgehead atoms. The minimum Gasteiger partial charge on any atom is -0.507 e. The Morgan fingerprint density at radius 1 is 1.03 bits per heavy atom. The molecule has 2 heterocycles. The van der Waals surface area contributed by atoms with Crippen molar-refractivity contribution in [3.63, 3.8) is 0 Å². The monoisotopic (exact) mass is 428 g/mol. The van der Waals surface area contributed by atoms with Crippen molar-refractivity contribution in [2.24, 2.45) is 0 Å². The van der Waals surface area contributed by atoms with E-state index in [2.05, 4.69) is 4.98 Å². The van der Waals surface area contributed by atoms with E-state index in [1.54, 1.807) is 60.9 Å². The molecular formula is C26H24N2O4. The minimum absolute atomic E-state index is 0.0427. The molecule has 1 fully saturated rings. The van der Waals surface area contributed by atoms with Gasteiger partial charge in [0, 0.05) is 23.6 Å². The maximum Gasteiger partial charge on any atom is 0.300 e. The molecule has 2 aromatic carbocycles. The van der Waals surface area contributed by atoms with Crippen LogP contribution in [0.4, 0.5) is 5.69 Å². The zero-order chi connectivity index (χ0) is 22.7. The number of ketones is 1. The number of hydrogen-bond donors (Lipinski definition) is 1. The molecule has 3 aromatic rings. The number of carbonyl (C=O) groups is 2. The number of aromatic nitrogens is 1. The summed E-state index contributed by atoms with van der Waals surface area (Å²) in [4.78, 5) is 31.8. The molecule has 1 unspecified atom stereocenters. The third-order valence-electron chi connectivity index (χ3n) is 5.51. The molecule has 6 nitrogen and oxygen atoms in total. The largest absolute Gasteiger partial charge is 0.507 e. The summed E-state index contributed by atoms with van der Waals surface area (Å²) in [5.74, 6) is -0.963. The number of carbonyl (C=O) groups excluding carboxylic acids is 2. The van der Waals surface area contributed by atoms with Gasteiger partial charge >= 0.3 is 0 Å². The van der Waals surface area contributed by atoms with Crippen LogP contribution in [-0.4, -0.2) is 28.4 Å². The fourth-order valence-corrected chi connectivity index (χ4v) is 3.88. The van der Waals surface area contributed by atoms with Crippen LogP contribution in [0.1, 0.15) is 36.6 Å². The lowest BCUT2D eigenvalue weighted by Gasteiger charge is -2.25. The molecule has 162 valence electrons. The molecule has 1 atom stereocenters. The van der Waals surface area contributed by atoms with Crippen molar-refractivity contribution in [3.05, 3.63) is 95.3 Å². The van der Waals surface area contributed by atoms with Gasteiger partial charge in [-0.05, 0) is 54.8 Å². The first-order valence-electron chi connectivity index (χ1n) is 10.6. The zero-order valence-corrected chi connectivity index (χ0v) is 18.0. The van der Waals surface area contributed by atoms with Gasteiger partial charge in [-0.2, -0.15) is 0 Å². The van der Waals surface area contributed by atoms with Crippen molar-refractivity contribution in [3.8, 4) is 5.75 Å². The number of amides is 1. The Bertz CT molecular complexity index is 1150. The van der Waals surface area contributed by atoms with Crippen LogP contribution in [0.5, 0.6) is 5.75 Å². The lowest BCUT2D eigenvalue weighted by atomic mass is 9.95. The first-order chi connectivity index (χ1) is 15.5. The van der Waals surface area contributed by atoms with Gasteiger partial charge in [0.05, 0.1) is 18.2 Å². The molecule has 1 N–H and O–H groups in total. The molecular weight excluding hydrogens is 404 g/mol. The second kappa shape index (κ2) is 9.06. The summed E-state index contributed by atoms with van der Waals surface area (Å²) in [6.07, 6.45) is 4.08. The lowest BCUT2D eigenvalue weighted by Crippen LogP contribution is -2.29. The highest BCUT2D eigenvalue weighted by molar-refractivity contribution is 6.51. The molecule has 1 saturated heterocycles. The molecule has 1 aromatic heterocycles. The predicted molar refractivity (Wildman–Crippen MR) is 122 cm³/mol. The fraction of sp³-hybridized carbons (Fsp3) is 0.192. The molecule has 1 amide bonds. The van der Waals surface area contributed by atoms with Crippen LogP contribution in [-0.2, 0) is 16.0 Å². The van der Waals surface area contributed by atoms with Crippen LogP contribution in [0.15, 0.2) is 78.6 Å². The molecule has 0 radical (unpaired) electrons. The number of benzene rings is 2. The van der Waals surface area contributed by atoms with Crippen LogP contribution in [0, 0.1) is 0 Å². The van der Waals surface area contributed by atoms with Gasteiger partial charge in [-0.25, -0.2) is 0 Å². The standard InChI is InChI=1S/C26H24N2O4/c1-3-17-7-9-18(10-8-17)24(29)22-23(19-6-5-15-27-16-19)28(26(31)25(22)30)20-11-13-21(14-12-20)32-4-2/h5-16,23,29H,3-4H2,1-2H3/b24-22-. The number of aliphatic hydroxyl groups is 1. The third-order valence-corrected chi connectivity index (χ3v) is 5.51. The van der Waals surface area contributed by atoms with E-state index in [1.807, 2.05) is 26.0 Å². The first kappa shape index (κ1) is 21.3. The molecule has 1 aliphatic rings. The molecule has 0 spiro atoms. The summed E-state index contributed by atoms with van der Waals surface area (Å²) in [6, 6.07) is 17.0. The average molecular weight is 428 g/mol. The quantitative estimate of drug-likeness (QED) is 0.351. The molecule has 0 saturated carbocycles. The summed E-state index contributed by atoms with van der Waals surface area (Å²) >= 11 is 0. The van der Waals surface area contributed by atoms with Crippen molar-refractivity contribution in [2.45, 2.75) is 26.3 Å². The first-order valence-corrected chi connectivity index (χ1v) is 10.6. The molecule has 4 rings (SSSR count). The van der Waals surface area contributed by atoms with Gasteiger partial charge in [0.2, 0.25) is 0 Å². The van der Waals surface area contributed by atoms with E-state index in [4.69, 9.17) is 4.74 Å². The van der Waals surface area contributed by atoms with Gasteiger partial charge < -0.3 is 9.84 Å². The Hall–Kier alpha value is -3.93. The minimum atomic E-state index is -0.799. The van der Waals surface area contributed by atoms with Gasteiger partial charge in [0.1, 0.15) is 11.5 Å². The highest BCUT2D eigenvalue weighted by Crippen LogP contribution is 2.42. The van der Waals surface area contributed by atoms with Crippen LogP contribution in [0.2, 0.25) is 0 Å². The second-order valence-corrected chi connectivity index (χ2v) is 7.43. The molecule has 32 heavy (non-hydrogen) atoms. The number of aliphatic hydroxyl groups excluding tert-OH is 1. The zero-order valence-electron chi connectivity index (χ0n) is 18.0. The molecule has 1 aliphatic heterocycles. The van der Waals surface area contributed by atoms with E-state index in [1.165, 1.54) is 4.90 Å². The van der Waals surface area contributed by atoms with E-state index in [-0.39, 0.29) is 11.3 Å². The van der Waals surface area contributed by atoms with E-state index < -0.39 is 17.7 Å². The number of aryl methyl sites for hydroxylation is 1. The van der Waals surface area contributed by atoms with Crippen molar-refractivity contribution >= 4 is 23.1 Å². The second-order valence-electron chi connectivity index (χ2n) is 7.43. The lowest BCUT2D eigenvalue weighted by molar-refractivity contribution is -0.132. The Balaban J connectivity index is 1.85. The number of rotatable bonds is 6. The smallest absolute Gasteiger partial charge is 0.300 e. The maximum absolute atomic E-state index is 13.1. The summed E-state index contributed by atoms with van der Waals surface area (Å²) in [6.45, 7) is 4.46. The number of hydrogen-bond acceptors (Lipinski definition) is 5. The van der Waals surface area contributed by atoms with Gasteiger partial charge in [0.25, 0.3) is 11.7 Å². The SMILES string of the molecule is CCOc1ccc(N2C(=O)C(=O)/C(=C(\O)c3ccc(CC)cc3)C2c2cccnc2)cc1. The Morgan fingerprint density at radius 3 is 2.34 bits per heavy atom. The average Bonchev–Trinajstić information content (AvgIpc) is 3.10. The number of Topliss-reactive ketones (excluding diaryl/α,β-unsaturated/α-hetero) is 1. The summed E-state index contributed by atoms with van der Waals surface area (Å²) in [5, 5.41) is 11.1. The van der Waals surface area contributed by atoms with Crippen molar-refractivity contribution < 1.29 is 19.4 Å². The van der Waals surface area contributed by atoms with Crippen LogP contribution in [0.25, 0.3) is 5.76 Å². The summed E-state index contributed by atoms with van der Waals surface area (Å²) in [7, 11) is 0. The van der Waals surface area contributed by atoms with E-state index in [0.29, 0.717) is 29.2 Å². The topological polar surface area (TPSA) is 79.7 Å². The fourth-order valence-electron chi connectivity index (χ4n) is 3.88. The third kappa shape index (κ3) is 3.87. The van der Waals surface area contributed by atoms with Crippen LogP contribution in [0.3, 0.4) is 0 Å². The highest BCUT2D eigenvalue weighted by atomic mass is 16.5. The van der Waals surface area contributed by atoms with E-state index >= 15 is 0 Å². The summed E-state index contributed by atoms with van der Waals surface area (Å²) in [5.41, 5.74) is 2.80. The predicted octanol–water partition coefficient (Wildman–Crippen LogP) is 4.67. The molecule has 6 heteroatoms. The normalized spacial score (nSPS) is 17.6. The number of nitrogens with zero attached hydrogens (tertiary/aromatic N) is 2. The Morgan fingerprint density at radius 2 is 1.75 bits per heavy atom. The van der Waals surface area contributed by atoms with Crippen LogP contribution < -0.4 is 9.64 Å². The van der Waals surface area contributed by atoms with Crippen molar-refractivity contribution in [1.82, 2.24) is 4.98 Å². The molecule has 0 aliphatic carbocycles. The van der Waals surface area contributed by atoms with E-state index in [0.717, 1.165) is 12.0 Å². The van der Waals surface area contributed by atoms with Crippen LogP contribution >= 0.6 is 0 Å². The van der Waals surface area contributed by atoms with Gasteiger partial charge in [-0.15, -0.1) is 0 Å². The number of anilines is 1. The van der Waals surface area contributed by atoms with Crippen molar-refractivity contribution in [1.29, 1.82) is 0 Å². The van der Waals surface area contributed by atoms with Crippen molar-refractivity contribution in [2.75, 3.05) is 11.5 Å². The Kier molecular flexibility index (Phi) is 6.03. The number of ether oxygens (including phenoxy) is 1. The summed E-state index contributed by atoms with van der Waals surface area (Å²) < 4.78 is 5.49. The van der Waals surface area contributed by atoms with E-state index in [9.17, 15) is 14.7 Å². The van der Waals surface area contributed by atoms with Gasteiger partial charge in [0.15, 0.2) is 0 Å². The van der Waals surface area contributed by atoms with Gasteiger partial charge in [-0.3, -0.25) is 19.5 Å². The highest BCUT2D eigenvalue weighted by Gasteiger charge is 2.47. The maximum atomic E-state index is 13.1. The number of pyridine rings is 1.